The SMILES string of the molecule is CCCCS(=O)(=O)N1CCC(N(CC2CCCC2)C(=O)c2cc3ccccc3cn2)CC1. The quantitative estimate of drug-likeness (QED) is 0.587. The summed E-state index contributed by atoms with van der Waals surface area (Å²) in [5.41, 5.74) is 0.486. The Bertz CT molecular complexity index is 1030. The molecule has 0 atom stereocenters. The van der Waals surface area contributed by atoms with Crippen LogP contribution in [0.3, 0.4) is 0 Å². The number of hydrogen-bond acceptors (Lipinski definition) is 4. The number of pyridine rings is 1. The van der Waals surface area contributed by atoms with Crippen molar-refractivity contribution in [2.45, 2.75) is 64.3 Å². The van der Waals surface area contributed by atoms with E-state index in [2.05, 4.69) is 4.98 Å². The van der Waals surface area contributed by atoms with Crippen LogP contribution in [0.25, 0.3) is 10.8 Å². The molecule has 2 fully saturated rings. The molecule has 1 amide bonds. The highest BCUT2D eigenvalue weighted by molar-refractivity contribution is 7.89. The lowest BCUT2D eigenvalue weighted by Gasteiger charge is -2.39. The molecule has 6 nitrogen and oxygen atoms in total. The zero-order valence-corrected chi connectivity index (χ0v) is 19.9. The topological polar surface area (TPSA) is 70.6 Å². The van der Waals surface area contributed by atoms with E-state index in [0.717, 1.165) is 23.7 Å². The van der Waals surface area contributed by atoms with Crippen LogP contribution < -0.4 is 0 Å². The highest BCUT2D eigenvalue weighted by Crippen LogP contribution is 2.29. The van der Waals surface area contributed by atoms with E-state index in [9.17, 15) is 13.2 Å². The van der Waals surface area contributed by atoms with Crippen LogP contribution >= 0.6 is 0 Å². The first-order chi connectivity index (χ1) is 15.5. The van der Waals surface area contributed by atoms with Crippen molar-refractivity contribution >= 4 is 26.7 Å². The zero-order chi connectivity index (χ0) is 22.6. The van der Waals surface area contributed by atoms with Gasteiger partial charge in [-0.2, -0.15) is 0 Å². The molecule has 1 aliphatic heterocycles. The van der Waals surface area contributed by atoms with Crippen LogP contribution in [0, 0.1) is 5.92 Å². The van der Waals surface area contributed by atoms with Crippen molar-refractivity contribution in [3.8, 4) is 0 Å². The van der Waals surface area contributed by atoms with E-state index in [0.29, 0.717) is 44.0 Å². The lowest BCUT2D eigenvalue weighted by Crippen LogP contribution is -2.50. The number of nitrogens with zero attached hydrogens (tertiary/aromatic N) is 3. The minimum absolute atomic E-state index is 0.0186. The summed E-state index contributed by atoms with van der Waals surface area (Å²) < 4.78 is 26.9. The fourth-order valence-corrected chi connectivity index (χ4v) is 6.78. The second-order valence-corrected chi connectivity index (χ2v) is 11.4. The molecule has 0 radical (unpaired) electrons. The largest absolute Gasteiger partial charge is 0.334 e. The van der Waals surface area contributed by atoms with Crippen LogP contribution in [-0.2, 0) is 10.0 Å². The normalized spacial score (nSPS) is 18.9. The Labute approximate surface area is 192 Å². The number of piperidine rings is 1. The fraction of sp³-hybridized carbons (Fsp3) is 0.600. The van der Waals surface area contributed by atoms with Crippen molar-refractivity contribution in [3.05, 3.63) is 42.2 Å². The molecule has 1 aromatic heterocycles. The molecule has 1 saturated heterocycles. The molecule has 174 valence electrons. The molecular formula is C25H35N3O3S. The summed E-state index contributed by atoms with van der Waals surface area (Å²) in [7, 11) is -3.20. The van der Waals surface area contributed by atoms with E-state index in [-0.39, 0.29) is 17.7 Å². The third kappa shape index (κ3) is 5.31. The Kier molecular flexibility index (Phi) is 7.46. The van der Waals surface area contributed by atoms with Gasteiger partial charge in [-0.15, -0.1) is 0 Å². The maximum atomic E-state index is 13.6. The summed E-state index contributed by atoms with van der Waals surface area (Å²) in [4.78, 5) is 20.1. The molecule has 1 saturated carbocycles. The van der Waals surface area contributed by atoms with Crippen molar-refractivity contribution in [3.63, 3.8) is 0 Å². The number of fused-ring (bicyclic) bond motifs is 1. The van der Waals surface area contributed by atoms with Crippen LogP contribution in [0.1, 0.15) is 68.8 Å². The standard InChI is InChI=1S/C25H35N3O3S/c1-2-3-16-32(30,31)27-14-12-23(13-15-27)28(19-20-8-4-5-9-20)25(29)24-17-21-10-6-7-11-22(21)18-26-24/h6-7,10-11,17-18,20,23H,2-5,8-9,12-16,19H2,1H3. The number of sulfonamides is 1. The van der Waals surface area contributed by atoms with Crippen LogP contribution in [0.5, 0.6) is 0 Å². The third-order valence-electron chi connectivity index (χ3n) is 7.05. The van der Waals surface area contributed by atoms with Gasteiger partial charge in [0.1, 0.15) is 5.69 Å². The lowest BCUT2D eigenvalue weighted by atomic mass is 10.00. The number of unbranched alkanes of at least 4 members (excludes halogenated alkanes) is 1. The number of rotatable bonds is 8. The minimum atomic E-state index is -3.20. The summed E-state index contributed by atoms with van der Waals surface area (Å²) >= 11 is 0. The molecule has 0 spiro atoms. The van der Waals surface area contributed by atoms with Crippen LogP contribution in [0.2, 0.25) is 0 Å². The Morgan fingerprint density at radius 1 is 1.09 bits per heavy atom. The van der Waals surface area contributed by atoms with Crippen LogP contribution in [0.15, 0.2) is 36.5 Å². The molecule has 0 unspecified atom stereocenters. The summed E-state index contributed by atoms with van der Waals surface area (Å²) in [6.07, 6.45) is 9.52. The van der Waals surface area contributed by atoms with Crippen molar-refractivity contribution < 1.29 is 13.2 Å². The highest BCUT2D eigenvalue weighted by atomic mass is 32.2. The maximum Gasteiger partial charge on any atom is 0.272 e. The van der Waals surface area contributed by atoms with Gasteiger partial charge in [-0.05, 0) is 49.5 Å². The molecule has 4 rings (SSSR count). The molecule has 0 N–H and O–H groups in total. The molecule has 1 aromatic carbocycles. The molecule has 7 heteroatoms. The van der Waals surface area contributed by atoms with Crippen molar-refractivity contribution in [2.75, 3.05) is 25.4 Å². The third-order valence-corrected chi connectivity index (χ3v) is 9.01. The van der Waals surface area contributed by atoms with Gasteiger partial charge in [0.25, 0.3) is 5.91 Å². The predicted octanol–water partition coefficient (Wildman–Crippen LogP) is 4.46. The first-order valence-electron chi connectivity index (χ1n) is 12.1. The number of hydrogen-bond donors (Lipinski definition) is 0. The van der Waals surface area contributed by atoms with Gasteiger partial charge in [0, 0.05) is 37.3 Å². The molecule has 2 aliphatic rings. The van der Waals surface area contributed by atoms with Gasteiger partial charge in [0.05, 0.1) is 5.75 Å². The van der Waals surface area contributed by atoms with Gasteiger partial charge in [-0.1, -0.05) is 50.5 Å². The molecule has 2 heterocycles. The van der Waals surface area contributed by atoms with Crippen molar-refractivity contribution in [1.82, 2.24) is 14.2 Å². The smallest absolute Gasteiger partial charge is 0.272 e. The Balaban J connectivity index is 1.51. The highest BCUT2D eigenvalue weighted by Gasteiger charge is 2.34. The van der Waals surface area contributed by atoms with Gasteiger partial charge < -0.3 is 4.90 Å². The van der Waals surface area contributed by atoms with E-state index in [1.807, 2.05) is 42.2 Å². The van der Waals surface area contributed by atoms with Crippen LogP contribution in [0.4, 0.5) is 0 Å². The minimum Gasteiger partial charge on any atom is -0.334 e. The van der Waals surface area contributed by atoms with E-state index < -0.39 is 10.0 Å². The van der Waals surface area contributed by atoms with Crippen molar-refractivity contribution in [1.29, 1.82) is 0 Å². The van der Waals surface area contributed by atoms with E-state index in [4.69, 9.17) is 0 Å². The fourth-order valence-electron chi connectivity index (χ4n) is 5.10. The first kappa shape index (κ1) is 23.2. The maximum absolute atomic E-state index is 13.6. The van der Waals surface area contributed by atoms with Crippen LogP contribution in [-0.4, -0.2) is 59.9 Å². The average molecular weight is 458 g/mol. The second-order valence-electron chi connectivity index (χ2n) is 9.32. The summed E-state index contributed by atoms with van der Waals surface area (Å²) in [5, 5.41) is 2.04. The Morgan fingerprint density at radius 2 is 1.78 bits per heavy atom. The monoisotopic (exact) mass is 457 g/mol. The number of amides is 1. The van der Waals surface area contributed by atoms with E-state index in [1.54, 1.807) is 10.5 Å². The number of carbonyl (C=O) groups excluding carboxylic acids is 1. The summed E-state index contributed by atoms with van der Waals surface area (Å²) in [6.45, 7) is 3.75. The molecular weight excluding hydrogens is 422 g/mol. The number of benzene rings is 1. The van der Waals surface area contributed by atoms with E-state index in [1.165, 1.54) is 25.7 Å². The van der Waals surface area contributed by atoms with Gasteiger partial charge in [-0.3, -0.25) is 9.78 Å². The zero-order valence-electron chi connectivity index (χ0n) is 19.1. The number of aromatic nitrogens is 1. The van der Waals surface area contributed by atoms with Gasteiger partial charge >= 0.3 is 0 Å². The van der Waals surface area contributed by atoms with Gasteiger partial charge in [-0.25, -0.2) is 12.7 Å². The molecule has 2 aromatic rings. The Morgan fingerprint density at radius 3 is 2.47 bits per heavy atom. The van der Waals surface area contributed by atoms with Gasteiger partial charge in [0.2, 0.25) is 10.0 Å². The summed E-state index contributed by atoms with van der Waals surface area (Å²) in [6, 6.07) is 9.91. The van der Waals surface area contributed by atoms with Gasteiger partial charge in [0.15, 0.2) is 0 Å². The first-order valence-corrected chi connectivity index (χ1v) is 13.7. The molecule has 32 heavy (non-hydrogen) atoms. The molecule has 1 aliphatic carbocycles. The van der Waals surface area contributed by atoms with Crippen molar-refractivity contribution in [2.24, 2.45) is 5.92 Å². The average Bonchev–Trinajstić information content (AvgIpc) is 3.34. The lowest BCUT2D eigenvalue weighted by molar-refractivity contribution is 0.0569. The number of carbonyl (C=O) groups is 1. The summed E-state index contributed by atoms with van der Waals surface area (Å²) in [5.74, 6) is 0.737. The second kappa shape index (κ2) is 10.3. The predicted molar refractivity (Wildman–Crippen MR) is 128 cm³/mol. The Hall–Kier alpha value is -1.99. The molecule has 0 bridgehead atoms. The van der Waals surface area contributed by atoms with E-state index >= 15 is 0 Å².